The fourth-order valence-electron chi connectivity index (χ4n) is 1.57. The molecule has 0 radical (unpaired) electrons. The lowest BCUT2D eigenvalue weighted by Gasteiger charge is -2.10. The Bertz CT molecular complexity index is 665. The second kappa shape index (κ2) is 5.66. The van der Waals surface area contributed by atoms with E-state index in [1.54, 1.807) is 30.8 Å². The number of H-pyrrole nitrogens is 1. The van der Waals surface area contributed by atoms with Gasteiger partial charge in [0, 0.05) is 4.90 Å². The van der Waals surface area contributed by atoms with E-state index < -0.39 is 10.0 Å². The van der Waals surface area contributed by atoms with Crippen molar-refractivity contribution in [3.8, 4) is 0 Å². The van der Waals surface area contributed by atoms with E-state index >= 15 is 0 Å². The number of thioether (sulfide) groups is 1. The zero-order valence-electron chi connectivity index (χ0n) is 10.7. The van der Waals surface area contributed by atoms with Gasteiger partial charge < -0.3 is 4.98 Å². The number of hydrogen-bond acceptors (Lipinski definition) is 4. The fraction of sp³-hybridized carbons (Fsp3) is 0.250. The van der Waals surface area contributed by atoms with Gasteiger partial charge in [-0.15, -0.1) is 11.8 Å². The van der Waals surface area contributed by atoms with Gasteiger partial charge in [-0.05, 0) is 24.8 Å². The molecular formula is C12H15N3O2S2. The summed E-state index contributed by atoms with van der Waals surface area (Å²) in [6.45, 7) is 3.73. The second-order valence-electron chi connectivity index (χ2n) is 3.87. The summed E-state index contributed by atoms with van der Waals surface area (Å²) in [6, 6.07) is 7.33. The third kappa shape index (κ3) is 3.30. The number of aryl methyl sites for hydroxylation is 1. The van der Waals surface area contributed by atoms with Crippen molar-refractivity contribution in [1.82, 2.24) is 9.97 Å². The van der Waals surface area contributed by atoms with Crippen LogP contribution < -0.4 is 4.72 Å². The maximum absolute atomic E-state index is 12.2. The number of aromatic nitrogens is 2. The second-order valence-corrected chi connectivity index (χ2v) is 6.82. The molecule has 0 spiro atoms. The minimum absolute atomic E-state index is 0.0706. The van der Waals surface area contributed by atoms with Crippen molar-refractivity contribution in [2.75, 3.05) is 10.5 Å². The van der Waals surface area contributed by atoms with Crippen molar-refractivity contribution < 1.29 is 8.42 Å². The molecule has 0 unspecified atom stereocenters. The van der Waals surface area contributed by atoms with Crippen molar-refractivity contribution in [1.29, 1.82) is 0 Å². The smallest absolute Gasteiger partial charge is 0.279 e. The maximum atomic E-state index is 12.2. The molecule has 7 heteroatoms. The minimum atomic E-state index is -3.61. The molecule has 0 aliphatic rings. The summed E-state index contributed by atoms with van der Waals surface area (Å²) >= 11 is 1.59. The largest absolute Gasteiger partial charge is 0.332 e. The van der Waals surface area contributed by atoms with E-state index in [9.17, 15) is 8.42 Å². The minimum Gasteiger partial charge on any atom is -0.332 e. The standard InChI is InChI=1S/C12H15N3O2S2/c1-3-18-11-7-5-4-6-10(11)15-19(16,17)12-8-13-9(2)14-12/h4-8,15H,3H2,1-2H3,(H,13,14). The lowest BCUT2D eigenvalue weighted by Crippen LogP contribution is -2.14. The van der Waals surface area contributed by atoms with Crippen LogP contribution in [0.2, 0.25) is 0 Å². The molecule has 102 valence electrons. The number of imidazole rings is 1. The topological polar surface area (TPSA) is 74.8 Å². The van der Waals surface area contributed by atoms with Gasteiger partial charge in [0.15, 0.2) is 5.03 Å². The number of rotatable bonds is 5. The predicted molar refractivity (Wildman–Crippen MR) is 77.0 cm³/mol. The van der Waals surface area contributed by atoms with E-state index in [0.29, 0.717) is 11.5 Å². The van der Waals surface area contributed by atoms with Crippen LogP contribution in [0.25, 0.3) is 0 Å². The Morgan fingerprint density at radius 2 is 2.11 bits per heavy atom. The van der Waals surface area contributed by atoms with E-state index in [1.807, 2.05) is 19.1 Å². The Hall–Kier alpha value is -1.47. The first kappa shape index (κ1) is 14.0. The van der Waals surface area contributed by atoms with Crippen LogP contribution in [0.5, 0.6) is 0 Å². The predicted octanol–water partition coefficient (Wildman–Crippen LogP) is 2.63. The first-order valence-corrected chi connectivity index (χ1v) is 8.26. The Morgan fingerprint density at radius 1 is 1.37 bits per heavy atom. The highest BCUT2D eigenvalue weighted by atomic mass is 32.2. The summed E-state index contributed by atoms with van der Waals surface area (Å²) < 4.78 is 26.9. The number of nitrogens with one attached hydrogen (secondary N) is 2. The number of nitrogens with zero attached hydrogens (tertiary/aromatic N) is 1. The number of anilines is 1. The van der Waals surface area contributed by atoms with Crippen molar-refractivity contribution in [3.05, 3.63) is 36.3 Å². The first-order chi connectivity index (χ1) is 9.03. The maximum Gasteiger partial charge on any atom is 0.279 e. The normalized spacial score (nSPS) is 11.5. The van der Waals surface area contributed by atoms with Crippen LogP contribution >= 0.6 is 11.8 Å². The molecule has 1 heterocycles. The SMILES string of the molecule is CCSc1ccccc1NS(=O)(=O)c1cnc(C)[nH]1. The van der Waals surface area contributed by atoms with Crippen molar-refractivity contribution in [2.45, 2.75) is 23.8 Å². The van der Waals surface area contributed by atoms with Gasteiger partial charge in [0.2, 0.25) is 0 Å². The average molecular weight is 297 g/mol. The Labute approximate surface area is 116 Å². The quantitative estimate of drug-likeness (QED) is 0.832. The first-order valence-electron chi connectivity index (χ1n) is 5.79. The third-order valence-corrected chi connectivity index (χ3v) is 4.63. The van der Waals surface area contributed by atoms with Gasteiger partial charge in [-0.1, -0.05) is 19.1 Å². The van der Waals surface area contributed by atoms with E-state index in [0.717, 1.165) is 10.6 Å². The van der Waals surface area contributed by atoms with Crippen LogP contribution in [0, 0.1) is 6.92 Å². The van der Waals surface area contributed by atoms with Crippen molar-refractivity contribution in [2.24, 2.45) is 0 Å². The lowest BCUT2D eigenvalue weighted by atomic mass is 10.3. The van der Waals surface area contributed by atoms with Gasteiger partial charge in [-0.3, -0.25) is 4.72 Å². The summed E-state index contributed by atoms with van der Waals surface area (Å²) in [7, 11) is -3.61. The number of hydrogen-bond donors (Lipinski definition) is 2. The average Bonchev–Trinajstić information content (AvgIpc) is 2.79. The third-order valence-electron chi connectivity index (χ3n) is 2.40. The summed E-state index contributed by atoms with van der Waals surface area (Å²) in [4.78, 5) is 7.53. The molecule has 0 amide bonds. The van der Waals surface area contributed by atoms with E-state index in [-0.39, 0.29) is 5.03 Å². The molecule has 5 nitrogen and oxygen atoms in total. The van der Waals surface area contributed by atoms with Crippen LogP contribution in [0.4, 0.5) is 5.69 Å². The highest BCUT2D eigenvalue weighted by Crippen LogP contribution is 2.28. The van der Waals surface area contributed by atoms with Gasteiger partial charge in [-0.2, -0.15) is 8.42 Å². The summed E-state index contributed by atoms with van der Waals surface area (Å²) in [5.41, 5.74) is 0.585. The Balaban J connectivity index is 2.30. The molecule has 0 fully saturated rings. The zero-order valence-corrected chi connectivity index (χ0v) is 12.3. The summed E-state index contributed by atoms with van der Waals surface area (Å²) in [5.74, 6) is 1.44. The molecule has 19 heavy (non-hydrogen) atoms. The molecule has 0 saturated heterocycles. The van der Waals surface area contributed by atoms with Gasteiger partial charge in [-0.25, -0.2) is 4.98 Å². The van der Waals surface area contributed by atoms with Crippen LogP contribution in [0.3, 0.4) is 0 Å². The van der Waals surface area contributed by atoms with E-state index in [2.05, 4.69) is 14.7 Å². The Morgan fingerprint density at radius 3 is 2.74 bits per heavy atom. The molecule has 0 aliphatic carbocycles. The van der Waals surface area contributed by atoms with E-state index in [4.69, 9.17) is 0 Å². The van der Waals surface area contributed by atoms with Crippen molar-refractivity contribution >= 4 is 27.5 Å². The van der Waals surface area contributed by atoms with Gasteiger partial charge in [0.05, 0.1) is 11.9 Å². The fourth-order valence-corrected chi connectivity index (χ4v) is 3.44. The summed E-state index contributed by atoms with van der Waals surface area (Å²) in [5, 5.41) is 0.0706. The number of para-hydroxylation sites is 1. The zero-order chi connectivity index (χ0) is 13.9. The molecule has 0 aliphatic heterocycles. The molecule has 2 N–H and O–H groups in total. The number of aromatic amines is 1. The molecular weight excluding hydrogens is 282 g/mol. The van der Waals surface area contributed by atoms with Crippen LogP contribution in [0.15, 0.2) is 40.4 Å². The van der Waals surface area contributed by atoms with E-state index in [1.165, 1.54) is 6.20 Å². The molecule has 0 saturated carbocycles. The molecule has 0 atom stereocenters. The van der Waals surface area contributed by atoms with Gasteiger partial charge >= 0.3 is 0 Å². The molecule has 2 aromatic rings. The number of sulfonamides is 1. The van der Waals surface area contributed by atoms with Gasteiger partial charge in [0.25, 0.3) is 10.0 Å². The molecule has 1 aromatic carbocycles. The van der Waals surface area contributed by atoms with Gasteiger partial charge in [0.1, 0.15) is 5.82 Å². The highest BCUT2D eigenvalue weighted by molar-refractivity contribution is 7.99. The van der Waals surface area contributed by atoms with Crippen LogP contribution in [0.1, 0.15) is 12.7 Å². The monoisotopic (exact) mass is 297 g/mol. The van der Waals surface area contributed by atoms with Crippen LogP contribution in [-0.2, 0) is 10.0 Å². The highest BCUT2D eigenvalue weighted by Gasteiger charge is 2.17. The number of benzene rings is 1. The lowest BCUT2D eigenvalue weighted by molar-refractivity contribution is 0.598. The molecule has 1 aromatic heterocycles. The molecule has 2 rings (SSSR count). The van der Waals surface area contributed by atoms with Crippen molar-refractivity contribution in [3.63, 3.8) is 0 Å². The van der Waals surface area contributed by atoms with Crippen LogP contribution in [-0.4, -0.2) is 24.1 Å². The Kier molecular flexibility index (Phi) is 4.16. The molecule has 0 bridgehead atoms. The summed E-state index contributed by atoms with van der Waals surface area (Å²) in [6.07, 6.45) is 1.31.